The molecular formula is C21H22N8O2. The number of amides is 1. The van der Waals surface area contributed by atoms with E-state index in [0.29, 0.717) is 18.6 Å². The number of pyridine rings is 2. The van der Waals surface area contributed by atoms with Crippen molar-refractivity contribution in [1.82, 2.24) is 34.0 Å². The Hall–Kier alpha value is -3.66. The van der Waals surface area contributed by atoms with Crippen molar-refractivity contribution in [2.75, 3.05) is 19.6 Å². The van der Waals surface area contributed by atoms with Crippen molar-refractivity contribution in [1.29, 1.82) is 0 Å². The molecule has 1 saturated heterocycles. The van der Waals surface area contributed by atoms with Gasteiger partial charge in [0.2, 0.25) is 5.91 Å². The third kappa shape index (κ3) is 3.34. The topological polar surface area (TPSA) is 125 Å². The van der Waals surface area contributed by atoms with Gasteiger partial charge in [0, 0.05) is 44.1 Å². The molecule has 5 heterocycles. The highest BCUT2D eigenvalue weighted by Gasteiger charge is 2.26. The smallest absolute Gasteiger partial charge is 0.329 e. The van der Waals surface area contributed by atoms with Crippen LogP contribution in [0.5, 0.6) is 0 Å². The molecule has 4 aromatic rings. The van der Waals surface area contributed by atoms with Crippen LogP contribution in [-0.4, -0.2) is 59.5 Å². The molecule has 0 spiro atoms. The molecule has 0 aliphatic carbocycles. The molecule has 1 amide bonds. The van der Waals surface area contributed by atoms with Crippen LogP contribution in [0, 0.1) is 0 Å². The third-order valence-corrected chi connectivity index (χ3v) is 5.92. The van der Waals surface area contributed by atoms with Crippen LogP contribution in [-0.2, 0) is 11.8 Å². The Morgan fingerprint density at radius 3 is 2.61 bits per heavy atom. The Labute approximate surface area is 177 Å². The highest BCUT2D eigenvalue weighted by molar-refractivity contribution is 6.00. The van der Waals surface area contributed by atoms with Crippen molar-refractivity contribution >= 4 is 28.0 Å². The van der Waals surface area contributed by atoms with Crippen LogP contribution < -0.4 is 11.4 Å². The van der Waals surface area contributed by atoms with Crippen molar-refractivity contribution in [2.45, 2.75) is 18.9 Å². The minimum Gasteiger partial charge on any atom is -0.369 e. The van der Waals surface area contributed by atoms with Crippen molar-refractivity contribution in [3.63, 3.8) is 0 Å². The monoisotopic (exact) mass is 418 g/mol. The number of primary amides is 1. The van der Waals surface area contributed by atoms with Crippen LogP contribution in [0.3, 0.4) is 0 Å². The van der Waals surface area contributed by atoms with Gasteiger partial charge in [-0.15, -0.1) is 0 Å². The quantitative estimate of drug-likeness (QED) is 0.521. The highest BCUT2D eigenvalue weighted by atomic mass is 16.2. The van der Waals surface area contributed by atoms with E-state index in [-0.39, 0.29) is 24.2 Å². The molecule has 0 atom stereocenters. The molecular weight excluding hydrogens is 396 g/mol. The molecule has 158 valence electrons. The van der Waals surface area contributed by atoms with Gasteiger partial charge in [-0.05, 0) is 25.0 Å². The lowest BCUT2D eigenvalue weighted by Gasteiger charge is -2.31. The third-order valence-electron chi connectivity index (χ3n) is 5.92. The average Bonchev–Trinajstić information content (AvgIpc) is 3.05. The van der Waals surface area contributed by atoms with E-state index < -0.39 is 0 Å². The first-order chi connectivity index (χ1) is 15.0. The number of likely N-dealkylation sites (tertiary alicyclic amines) is 1. The Morgan fingerprint density at radius 1 is 1.16 bits per heavy atom. The lowest BCUT2D eigenvalue weighted by Crippen LogP contribution is -2.41. The van der Waals surface area contributed by atoms with Gasteiger partial charge in [0.25, 0.3) is 0 Å². The normalized spacial score (nSPS) is 15.6. The number of carbonyl (C=O) groups is 1. The van der Waals surface area contributed by atoms with Crippen molar-refractivity contribution in [2.24, 2.45) is 12.8 Å². The van der Waals surface area contributed by atoms with Gasteiger partial charge < -0.3 is 5.73 Å². The minimum atomic E-state index is -0.334. The van der Waals surface area contributed by atoms with E-state index in [1.165, 1.54) is 6.33 Å². The molecule has 0 saturated carbocycles. The van der Waals surface area contributed by atoms with E-state index in [1.807, 2.05) is 21.6 Å². The number of nitrogens with zero attached hydrogens (tertiary/aromatic N) is 7. The largest absolute Gasteiger partial charge is 0.369 e. The van der Waals surface area contributed by atoms with Crippen LogP contribution in [0.2, 0.25) is 0 Å². The molecule has 1 aliphatic rings. The summed E-state index contributed by atoms with van der Waals surface area (Å²) in [4.78, 5) is 44.0. The second-order valence-electron chi connectivity index (χ2n) is 7.87. The molecule has 4 aromatic heterocycles. The van der Waals surface area contributed by atoms with Gasteiger partial charge in [-0.3, -0.25) is 23.8 Å². The second kappa shape index (κ2) is 7.55. The first kappa shape index (κ1) is 19.3. The molecule has 0 radical (unpaired) electrons. The SMILES string of the molecule is Cn1c(=O)n(C2CCN(CC(N)=O)CC2)c2c3nc(-c4cncnc4)ccc3ncc21. The molecule has 0 aromatic carbocycles. The lowest BCUT2D eigenvalue weighted by atomic mass is 10.0. The summed E-state index contributed by atoms with van der Waals surface area (Å²) in [6.45, 7) is 1.66. The molecule has 0 bridgehead atoms. The van der Waals surface area contributed by atoms with E-state index in [0.717, 1.165) is 40.6 Å². The van der Waals surface area contributed by atoms with Crippen LogP contribution in [0.4, 0.5) is 0 Å². The Balaban J connectivity index is 1.64. The first-order valence-electron chi connectivity index (χ1n) is 10.2. The number of hydrogen-bond acceptors (Lipinski definition) is 7. The van der Waals surface area contributed by atoms with Crippen molar-refractivity contribution in [3.05, 3.63) is 47.5 Å². The predicted octanol–water partition coefficient (Wildman–Crippen LogP) is 0.862. The van der Waals surface area contributed by atoms with E-state index in [1.54, 1.807) is 30.2 Å². The van der Waals surface area contributed by atoms with Crippen LogP contribution in [0.25, 0.3) is 33.3 Å². The lowest BCUT2D eigenvalue weighted by molar-refractivity contribution is -0.119. The predicted molar refractivity (Wildman–Crippen MR) is 115 cm³/mol. The number of aryl methyl sites for hydroxylation is 1. The number of aromatic nitrogens is 6. The zero-order valence-electron chi connectivity index (χ0n) is 17.1. The fraction of sp³-hybridized carbons (Fsp3) is 0.333. The number of piperidine rings is 1. The summed E-state index contributed by atoms with van der Waals surface area (Å²) in [7, 11) is 1.76. The summed E-state index contributed by atoms with van der Waals surface area (Å²) in [5.41, 5.74) is 9.68. The number of rotatable bonds is 4. The maximum absolute atomic E-state index is 13.2. The zero-order valence-corrected chi connectivity index (χ0v) is 17.1. The maximum atomic E-state index is 13.2. The van der Waals surface area contributed by atoms with Crippen molar-refractivity contribution in [3.8, 4) is 11.3 Å². The number of hydrogen-bond donors (Lipinski definition) is 1. The summed E-state index contributed by atoms with van der Waals surface area (Å²) in [6, 6.07) is 3.80. The summed E-state index contributed by atoms with van der Waals surface area (Å²) in [5.74, 6) is -0.334. The molecule has 1 fully saturated rings. The van der Waals surface area contributed by atoms with Gasteiger partial charge in [-0.25, -0.2) is 19.7 Å². The average molecular weight is 418 g/mol. The molecule has 10 heteroatoms. The number of fused-ring (bicyclic) bond motifs is 3. The molecule has 31 heavy (non-hydrogen) atoms. The van der Waals surface area contributed by atoms with Gasteiger partial charge >= 0.3 is 5.69 Å². The summed E-state index contributed by atoms with van der Waals surface area (Å²) in [5, 5.41) is 0. The fourth-order valence-corrected chi connectivity index (χ4v) is 4.37. The van der Waals surface area contributed by atoms with Crippen LogP contribution in [0.1, 0.15) is 18.9 Å². The zero-order chi connectivity index (χ0) is 21.5. The molecule has 1 aliphatic heterocycles. The standard InChI is InChI=1S/C21H22N8O2/c1-27-17-10-25-16-3-2-15(13-8-23-12-24-9-13)26-19(16)20(17)29(21(27)31)14-4-6-28(7-5-14)11-18(22)30/h2-3,8-10,12,14H,4-7,11H2,1H3,(H2,22,30). The molecule has 5 rings (SSSR count). The molecule has 10 nitrogen and oxygen atoms in total. The maximum Gasteiger partial charge on any atom is 0.329 e. The summed E-state index contributed by atoms with van der Waals surface area (Å²) < 4.78 is 3.47. The van der Waals surface area contributed by atoms with E-state index in [9.17, 15) is 9.59 Å². The number of carbonyl (C=O) groups excluding carboxylic acids is 1. The number of nitrogens with two attached hydrogens (primary N) is 1. The molecule has 0 unspecified atom stereocenters. The van der Waals surface area contributed by atoms with E-state index >= 15 is 0 Å². The van der Waals surface area contributed by atoms with E-state index in [4.69, 9.17) is 10.7 Å². The highest BCUT2D eigenvalue weighted by Crippen LogP contribution is 2.30. The molecule has 2 N–H and O–H groups in total. The minimum absolute atomic E-state index is 0.0106. The first-order valence-corrected chi connectivity index (χ1v) is 10.2. The Morgan fingerprint density at radius 2 is 1.90 bits per heavy atom. The Kier molecular flexibility index (Phi) is 4.70. The Bertz CT molecular complexity index is 1340. The van der Waals surface area contributed by atoms with Crippen LogP contribution in [0.15, 0.2) is 41.8 Å². The van der Waals surface area contributed by atoms with Gasteiger partial charge in [0.1, 0.15) is 11.8 Å². The van der Waals surface area contributed by atoms with Crippen LogP contribution >= 0.6 is 0 Å². The van der Waals surface area contributed by atoms with Gasteiger partial charge in [-0.1, -0.05) is 0 Å². The fourth-order valence-electron chi connectivity index (χ4n) is 4.37. The second-order valence-corrected chi connectivity index (χ2v) is 7.87. The summed E-state index contributed by atoms with van der Waals surface area (Å²) in [6.07, 6.45) is 8.13. The van der Waals surface area contributed by atoms with Gasteiger partial charge in [0.05, 0.1) is 35.0 Å². The van der Waals surface area contributed by atoms with E-state index in [2.05, 4.69) is 15.0 Å². The van der Waals surface area contributed by atoms with Gasteiger partial charge in [0.15, 0.2) is 0 Å². The number of imidazole rings is 1. The van der Waals surface area contributed by atoms with Crippen molar-refractivity contribution < 1.29 is 4.79 Å². The van der Waals surface area contributed by atoms with Gasteiger partial charge in [-0.2, -0.15) is 0 Å². The summed E-state index contributed by atoms with van der Waals surface area (Å²) >= 11 is 0.